The van der Waals surface area contributed by atoms with E-state index in [1.807, 2.05) is 30.3 Å². The number of aryl methyl sites for hydroxylation is 1. The van der Waals surface area contributed by atoms with Gasteiger partial charge in [-0.2, -0.15) is 5.10 Å². The highest BCUT2D eigenvalue weighted by Crippen LogP contribution is 2.24. The van der Waals surface area contributed by atoms with Gasteiger partial charge in [0.15, 0.2) is 5.65 Å². The highest BCUT2D eigenvalue weighted by molar-refractivity contribution is 5.94. The highest BCUT2D eigenvalue weighted by atomic mass is 16.5. The Kier molecular flexibility index (Phi) is 3.48. The third-order valence-electron chi connectivity index (χ3n) is 3.47. The van der Waals surface area contributed by atoms with Gasteiger partial charge in [0.25, 0.3) is 5.91 Å². The highest BCUT2D eigenvalue weighted by Gasteiger charge is 2.14. The molecule has 1 amide bonds. The van der Waals surface area contributed by atoms with Crippen LogP contribution in [0.1, 0.15) is 16.1 Å². The lowest BCUT2D eigenvalue weighted by molar-refractivity contribution is 0.0952. The van der Waals surface area contributed by atoms with Crippen molar-refractivity contribution in [3.63, 3.8) is 0 Å². The van der Waals surface area contributed by atoms with E-state index in [1.165, 1.54) is 6.20 Å². The van der Waals surface area contributed by atoms with Crippen molar-refractivity contribution in [2.75, 3.05) is 7.11 Å². The van der Waals surface area contributed by atoms with Gasteiger partial charge in [-0.1, -0.05) is 12.1 Å². The van der Waals surface area contributed by atoms with Crippen LogP contribution >= 0.6 is 0 Å². The molecule has 2 heterocycles. The number of nitrogen functional groups attached to an aromatic ring is 1. The molecular formula is C15H15N5O2. The Labute approximate surface area is 126 Å². The van der Waals surface area contributed by atoms with Crippen LogP contribution in [0.4, 0.5) is 0 Å². The molecular weight excluding hydrogens is 282 g/mol. The minimum absolute atomic E-state index is 0.385. The molecule has 7 nitrogen and oxygen atoms in total. The first-order chi connectivity index (χ1) is 10.6. The standard InChI is InChI=1S/C15H15N5O2/c1-9-12(15(21)18-16)8-17-14-7-13(19-20(9)14)10-4-3-5-11(6-10)22-2/h3-8H,16H2,1-2H3,(H,18,21). The van der Waals surface area contributed by atoms with Gasteiger partial charge in [-0.3, -0.25) is 10.2 Å². The Morgan fingerprint density at radius 1 is 1.36 bits per heavy atom. The van der Waals surface area contributed by atoms with E-state index in [0.29, 0.717) is 16.9 Å². The van der Waals surface area contributed by atoms with Crippen LogP contribution in [0.5, 0.6) is 5.75 Å². The van der Waals surface area contributed by atoms with E-state index in [9.17, 15) is 4.79 Å². The molecule has 0 spiro atoms. The molecule has 0 aliphatic heterocycles. The number of nitrogens with two attached hydrogens (primary N) is 1. The largest absolute Gasteiger partial charge is 0.497 e. The van der Waals surface area contributed by atoms with Gasteiger partial charge < -0.3 is 4.74 Å². The average Bonchev–Trinajstić information content (AvgIpc) is 3.00. The molecule has 0 aliphatic carbocycles. The van der Waals surface area contributed by atoms with Gasteiger partial charge in [0, 0.05) is 17.8 Å². The molecule has 1 aromatic carbocycles. The molecule has 0 saturated carbocycles. The lowest BCUT2D eigenvalue weighted by Gasteiger charge is -2.05. The first kappa shape index (κ1) is 14.0. The SMILES string of the molecule is COc1cccc(-c2cc3ncc(C(=O)NN)c(C)n3n2)c1. The van der Waals surface area contributed by atoms with Crippen LogP contribution in [0, 0.1) is 6.92 Å². The predicted octanol–water partition coefficient (Wildman–Crippen LogP) is 1.32. The third kappa shape index (κ3) is 2.27. The number of carbonyl (C=O) groups excluding carboxylic acids is 1. The molecule has 3 rings (SSSR count). The van der Waals surface area contributed by atoms with Crippen molar-refractivity contribution in [3.05, 3.63) is 47.8 Å². The number of hydrogen-bond acceptors (Lipinski definition) is 5. The van der Waals surface area contributed by atoms with Crippen LogP contribution in [0.2, 0.25) is 0 Å². The Morgan fingerprint density at radius 3 is 2.91 bits per heavy atom. The first-order valence-corrected chi connectivity index (χ1v) is 6.65. The maximum Gasteiger partial charge on any atom is 0.268 e. The fourth-order valence-corrected chi connectivity index (χ4v) is 2.27. The molecule has 0 atom stereocenters. The third-order valence-corrected chi connectivity index (χ3v) is 3.47. The number of hydrogen-bond donors (Lipinski definition) is 2. The van der Waals surface area contributed by atoms with E-state index in [1.54, 1.807) is 18.5 Å². The Hall–Kier alpha value is -2.93. The van der Waals surface area contributed by atoms with E-state index in [0.717, 1.165) is 17.0 Å². The van der Waals surface area contributed by atoms with Crippen molar-refractivity contribution >= 4 is 11.6 Å². The van der Waals surface area contributed by atoms with E-state index in [-0.39, 0.29) is 0 Å². The molecule has 0 saturated heterocycles. The number of hydrazine groups is 1. The molecule has 3 N–H and O–H groups in total. The van der Waals surface area contributed by atoms with Gasteiger partial charge >= 0.3 is 0 Å². The van der Waals surface area contributed by atoms with Crippen LogP contribution < -0.4 is 16.0 Å². The van der Waals surface area contributed by atoms with Crippen LogP contribution in [0.3, 0.4) is 0 Å². The van der Waals surface area contributed by atoms with Crippen molar-refractivity contribution in [2.24, 2.45) is 5.84 Å². The minimum atomic E-state index is -0.398. The summed E-state index contributed by atoms with van der Waals surface area (Å²) >= 11 is 0. The van der Waals surface area contributed by atoms with Crippen molar-refractivity contribution in [1.29, 1.82) is 0 Å². The molecule has 0 unspecified atom stereocenters. The second kappa shape index (κ2) is 5.45. The van der Waals surface area contributed by atoms with Gasteiger partial charge in [-0.25, -0.2) is 15.3 Å². The zero-order valence-corrected chi connectivity index (χ0v) is 12.2. The number of rotatable bonds is 3. The summed E-state index contributed by atoms with van der Waals surface area (Å²) in [7, 11) is 1.62. The smallest absolute Gasteiger partial charge is 0.268 e. The summed E-state index contributed by atoms with van der Waals surface area (Å²) < 4.78 is 6.85. The molecule has 7 heteroatoms. The van der Waals surface area contributed by atoms with Crippen LogP contribution in [0.15, 0.2) is 36.5 Å². The Bertz CT molecular complexity index is 856. The van der Waals surface area contributed by atoms with Gasteiger partial charge in [0.05, 0.1) is 24.1 Å². The van der Waals surface area contributed by atoms with Crippen LogP contribution in [-0.2, 0) is 0 Å². The van der Waals surface area contributed by atoms with Crippen molar-refractivity contribution < 1.29 is 9.53 Å². The topological polar surface area (TPSA) is 94.5 Å². The van der Waals surface area contributed by atoms with Crippen molar-refractivity contribution in [3.8, 4) is 17.0 Å². The normalized spacial score (nSPS) is 10.7. The van der Waals surface area contributed by atoms with Gasteiger partial charge in [0.1, 0.15) is 5.75 Å². The molecule has 2 aromatic heterocycles. The number of nitrogens with one attached hydrogen (secondary N) is 1. The summed E-state index contributed by atoms with van der Waals surface area (Å²) in [6.45, 7) is 1.79. The number of fused-ring (bicyclic) bond motifs is 1. The average molecular weight is 297 g/mol. The van der Waals surface area contributed by atoms with Gasteiger partial charge in [-0.15, -0.1) is 0 Å². The number of benzene rings is 1. The second-order valence-corrected chi connectivity index (χ2v) is 4.76. The molecule has 0 fully saturated rings. The van der Waals surface area contributed by atoms with Crippen molar-refractivity contribution in [1.82, 2.24) is 20.0 Å². The van der Waals surface area contributed by atoms with Crippen LogP contribution in [0.25, 0.3) is 16.9 Å². The number of amides is 1. The number of aromatic nitrogens is 3. The maximum atomic E-state index is 11.7. The minimum Gasteiger partial charge on any atom is -0.497 e. The molecule has 0 bridgehead atoms. The van der Waals surface area contributed by atoms with E-state index in [4.69, 9.17) is 10.6 Å². The molecule has 3 aromatic rings. The van der Waals surface area contributed by atoms with E-state index < -0.39 is 5.91 Å². The van der Waals surface area contributed by atoms with E-state index in [2.05, 4.69) is 15.5 Å². The summed E-state index contributed by atoms with van der Waals surface area (Å²) in [5, 5.41) is 4.51. The number of ether oxygens (including phenoxy) is 1. The van der Waals surface area contributed by atoms with Gasteiger partial charge in [-0.05, 0) is 19.1 Å². The zero-order chi connectivity index (χ0) is 15.7. The van der Waals surface area contributed by atoms with Crippen molar-refractivity contribution in [2.45, 2.75) is 6.92 Å². The quantitative estimate of drug-likeness (QED) is 0.432. The summed E-state index contributed by atoms with van der Waals surface area (Å²) in [5.74, 6) is 5.53. The lowest BCUT2D eigenvalue weighted by Crippen LogP contribution is -2.31. The number of nitrogens with zero attached hydrogens (tertiary/aromatic N) is 3. The second-order valence-electron chi connectivity index (χ2n) is 4.76. The van der Waals surface area contributed by atoms with Gasteiger partial charge in [0.2, 0.25) is 0 Å². The zero-order valence-electron chi connectivity index (χ0n) is 12.2. The number of carbonyl (C=O) groups is 1. The summed E-state index contributed by atoms with van der Waals surface area (Å²) in [4.78, 5) is 16.0. The monoisotopic (exact) mass is 297 g/mol. The maximum absolute atomic E-state index is 11.7. The summed E-state index contributed by atoms with van der Waals surface area (Å²) in [6.07, 6.45) is 1.49. The summed E-state index contributed by atoms with van der Waals surface area (Å²) in [5.41, 5.74) is 5.47. The van der Waals surface area contributed by atoms with E-state index >= 15 is 0 Å². The molecule has 0 aliphatic rings. The predicted molar refractivity (Wildman–Crippen MR) is 81.4 cm³/mol. The number of methoxy groups -OCH3 is 1. The Balaban J connectivity index is 2.13. The molecule has 0 radical (unpaired) electrons. The first-order valence-electron chi connectivity index (χ1n) is 6.65. The van der Waals surface area contributed by atoms with Crippen LogP contribution in [-0.4, -0.2) is 27.6 Å². The molecule has 22 heavy (non-hydrogen) atoms. The Morgan fingerprint density at radius 2 is 2.18 bits per heavy atom. The lowest BCUT2D eigenvalue weighted by atomic mass is 10.1. The fraction of sp³-hybridized carbons (Fsp3) is 0.133. The molecule has 112 valence electrons. The fourth-order valence-electron chi connectivity index (χ4n) is 2.27. The summed E-state index contributed by atoms with van der Waals surface area (Å²) in [6, 6.07) is 9.45.